The minimum Gasteiger partial charge on any atom is -0.497 e. The summed E-state index contributed by atoms with van der Waals surface area (Å²) in [7, 11) is 1.56. The molecule has 7 heteroatoms. The summed E-state index contributed by atoms with van der Waals surface area (Å²) in [5.74, 6) is 0.203. The van der Waals surface area contributed by atoms with Gasteiger partial charge in [-0.25, -0.2) is 4.39 Å². The Labute approximate surface area is 186 Å². The van der Waals surface area contributed by atoms with E-state index in [1.54, 1.807) is 55.1 Å². The number of rotatable bonds is 10. The van der Waals surface area contributed by atoms with Crippen LogP contribution in [0, 0.1) is 5.82 Å². The summed E-state index contributed by atoms with van der Waals surface area (Å²) in [5, 5.41) is -0.0249. The molecule has 0 bridgehead atoms. The number of fused-ring (bicyclic) bond motifs is 1. The molecule has 2 aromatic carbocycles. The number of nitrogens with zero attached hydrogens (tertiary/aromatic N) is 1. The average Bonchev–Trinajstić information content (AvgIpc) is 2.80. The molecule has 0 spiro atoms. The van der Waals surface area contributed by atoms with Crippen LogP contribution in [0.1, 0.15) is 33.1 Å². The van der Waals surface area contributed by atoms with Gasteiger partial charge in [0.05, 0.1) is 31.2 Å². The highest BCUT2D eigenvalue weighted by atomic mass is 19.1. The maximum Gasteiger partial charge on any atom is 0.305 e. The van der Waals surface area contributed by atoms with Crippen molar-refractivity contribution in [3.63, 3.8) is 0 Å². The highest BCUT2D eigenvalue weighted by molar-refractivity contribution is 5.89. The topological polar surface area (TPSA) is 66.8 Å². The lowest BCUT2D eigenvalue weighted by molar-refractivity contribution is -0.143. The zero-order chi connectivity index (χ0) is 23.1. The molecule has 0 amide bonds. The van der Waals surface area contributed by atoms with Gasteiger partial charge < -0.3 is 18.8 Å². The van der Waals surface area contributed by atoms with Crippen molar-refractivity contribution in [2.45, 2.75) is 39.7 Å². The Morgan fingerprint density at radius 1 is 1.09 bits per heavy atom. The maximum atomic E-state index is 14.9. The number of pyridine rings is 1. The van der Waals surface area contributed by atoms with E-state index < -0.39 is 11.2 Å². The van der Waals surface area contributed by atoms with Gasteiger partial charge >= 0.3 is 5.97 Å². The standard InChI is InChI=1S/C25H28FNO5/c1-4-15-32-21-13-12-20(26)23-24(21)27(14-6-7-22(28)31-5-2)16-19(25(23)29)17-8-10-18(30-3)11-9-17/h8-13,16H,4-7,14-15H2,1-3H3. The number of methoxy groups -OCH3 is 1. The predicted octanol–water partition coefficient (Wildman–Crippen LogP) is 4.95. The first kappa shape index (κ1) is 23.3. The van der Waals surface area contributed by atoms with Crippen molar-refractivity contribution < 1.29 is 23.4 Å². The van der Waals surface area contributed by atoms with Crippen LogP contribution in [-0.2, 0) is 16.1 Å². The molecule has 0 unspecified atom stereocenters. The molecular weight excluding hydrogens is 413 g/mol. The Hall–Kier alpha value is -3.35. The van der Waals surface area contributed by atoms with Crippen LogP contribution in [0.25, 0.3) is 22.0 Å². The van der Waals surface area contributed by atoms with Crippen LogP contribution in [0.2, 0.25) is 0 Å². The van der Waals surface area contributed by atoms with Gasteiger partial charge in [0.25, 0.3) is 0 Å². The quantitative estimate of drug-likeness (QED) is 0.417. The second-order valence-corrected chi connectivity index (χ2v) is 7.32. The first-order valence-electron chi connectivity index (χ1n) is 10.8. The Morgan fingerprint density at radius 2 is 1.84 bits per heavy atom. The van der Waals surface area contributed by atoms with E-state index >= 15 is 0 Å². The highest BCUT2D eigenvalue weighted by Gasteiger charge is 2.18. The van der Waals surface area contributed by atoms with E-state index in [9.17, 15) is 14.0 Å². The maximum absolute atomic E-state index is 14.9. The van der Waals surface area contributed by atoms with Crippen LogP contribution >= 0.6 is 0 Å². The van der Waals surface area contributed by atoms with E-state index in [-0.39, 0.29) is 17.8 Å². The molecule has 0 aliphatic heterocycles. The van der Waals surface area contributed by atoms with Crippen molar-refractivity contribution in [1.29, 1.82) is 0 Å². The molecule has 32 heavy (non-hydrogen) atoms. The molecule has 1 aromatic heterocycles. The molecule has 0 radical (unpaired) electrons. The number of hydrogen-bond acceptors (Lipinski definition) is 5. The number of aryl methyl sites for hydroxylation is 1. The molecule has 3 aromatic rings. The van der Waals surface area contributed by atoms with E-state index in [0.717, 1.165) is 6.42 Å². The molecule has 0 saturated heterocycles. The van der Waals surface area contributed by atoms with Crippen LogP contribution in [0.4, 0.5) is 4.39 Å². The molecule has 0 saturated carbocycles. The molecule has 0 atom stereocenters. The van der Waals surface area contributed by atoms with E-state index in [0.29, 0.717) is 54.3 Å². The lowest BCUT2D eigenvalue weighted by atomic mass is 10.0. The van der Waals surface area contributed by atoms with Gasteiger partial charge in [0.15, 0.2) is 5.43 Å². The number of halogens is 1. The molecule has 0 fully saturated rings. The van der Waals surface area contributed by atoms with Gasteiger partial charge in [0, 0.05) is 24.7 Å². The van der Waals surface area contributed by atoms with Crippen molar-refractivity contribution in [3.05, 3.63) is 58.6 Å². The number of carbonyl (C=O) groups excluding carboxylic acids is 1. The first-order chi connectivity index (χ1) is 15.5. The van der Waals surface area contributed by atoms with Gasteiger partial charge in [0.1, 0.15) is 17.3 Å². The van der Waals surface area contributed by atoms with Crippen LogP contribution in [0.15, 0.2) is 47.4 Å². The molecule has 0 aliphatic carbocycles. The number of hydrogen-bond donors (Lipinski definition) is 0. The fraction of sp³-hybridized carbons (Fsp3) is 0.360. The fourth-order valence-corrected chi connectivity index (χ4v) is 3.57. The monoisotopic (exact) mass is 441 g/mol. The molecule has 3 rings (SSSR count). The Morgan fingerprint density at radius 3 is 2.50 bits per heavy atom. The van der Waals surface area contributed by atoms with Gasteiger partial charge in [-0.2, -0.15) is 0 Å². The Balaban J connectivity index is 2.14. The van der Waals surface area contributed by atoms with E-state index in [1.165, 1.54) is 6.07 Å². The van der Waals surface area contributed by atoms with Gasteiger partial charge in [-0.1, -0.05) is 19.1 Å². The molecular formula is C25H28FNO5. The first-order valence-corrected chi connectivity index (χ1v) is 10.8. The number of aromatic nitrogens is 1. The van der Waals surface area contributed by atoms with E-state index in [2.05, 4.69) is 0 Å². The van der Waals surface area contributed by atoms with Crippen LogP contribution < -0.4 is 14.9 Å². The van der Waals surface area contributed by atoms with E-state index in [4.69, 9.17) is 14.2 Å². The summed E-state index contributed by atoms with van der Waals surface area (Å²) in [6.45, 7) is 4.89. The summed E-state index contributed by atoms with van der Waals surface area (Å²) in [4.78, 5) is 25.1. The van der Waals surface area contributed by atoms with Gasteiger partial charge in [-0.3, -0.25) is 9.59 Å². The molecule has 0 N–H and O–H groups in total. The highest BCUT2D eigenvalue weighted by Crippen LogP contribution is 2.30. The number of carbonyl (C=O) groups is 1. The second kappa shape index (κ2) is 10.8. The Bertz CT molecular complexity index is 1140. The zero-order valence-corrected chi connectivity index (χ0v) is 18.7. The minimum atomic E-state index is -0.608. The number of ether oxygens (including phenoxy) is 3. The summed E-state index contributed by atoms with van der Waals surface area (Å²) >= 11 is 0. The van der Waals surface area contributed by atoms with Gasteiger partial charge in [0.2, 0.25) is 0 Å². The van der Waals surface area contributed by atoms with Crippen LogP contribution in [0.5, 0.6) is 11.5 Å². The van der Waals surface area contributed by atoms with Crippen molar-refractivity contribution >= 4 is 16.9 Å². The third kappa shape index (κ3) is 5.10. The average molecular weight is 441 g/mol. The number of benzene rings is 2. The second-order valence-electron chi connectivity index (χ2n) is 7.32. The molecule has 0 aliphatic rings. The zero-order valence-electron chi connectivity index (χ0n) is 18.7. The fourth-order valence-electron chi connectivity index (χ4n) is 3.57. The Kier molecular flexibility index (Phi) is 7.87. The van der Waals surface area contributed by atoms with E-state index in [1.807, 2.05) is 6.92 Å². The summed E-state index contributed by atoms with van der Waals surface area (Å²) < 4.78 is 32.7. The van der Waals surface area contributed by atoms with Gasteiger partial charge in [-0.15, -0.1) is 0 Å². The third-order valence-electron chi connectivity index (χ3n) is 5.08. The lowest BCUT2D eigenvalue weighted by Crippen LogP contribution is -2.16. The largest absolute Gasteiger partial charge is 0.497 e. The van der Waals surface area contributed by atoms with Crippen molar-refractivity contribution in [2.75, 3.05) is 20.3 Å². The molecule has 170 valence electrons. The minimum absolute atomic E-state index is 0.0249. The molecule has 6 nitrogen and oxygen atoms in total. The summed E-state index contributed by atoms with van der Waals surface area (Å²) in [6.07, 6.45) is 3.17. The van der Waals surface area contributed by atoms with Gasteiger partial charge in [-0.05, 0) is 49.6 Å². The normalized spacial score (nSPS) is 10.9. The number of esters is 1. The smallest absolute Gasteiger partial charge is 0.305 e. The van der Waals surface area contributed by atoms with Crippen molar-refractivity contribution in [1.82, 2.24) is 4.57 Å². The summed E-state index contributed by atoms with van der Waals surface area (Å²) in [6, 6.07) is 9.83. The van der Waals surface area contributed by atoms with Crippen molar-refractivity contribution in [3.8, 4) is 22.6 Å². The van der Waals surface area contributed by atoms with Crippen LogP contribution in [0.3, 0.4) is 0 Å². The molecule has 1 heterocycles. The van der Waals surface area contributed by atoms with Crippen molar-refractivity contribution in [2.24, 2.45) is 0 Å². The third-order valence-corrected chi connectivity index (χ3v) is 5.08. The SMILES string of the molecule is CCCOc1ccc(F)c2c(=O)c(-c3ccc(OC)cc3)cn(CCCC(=O)OCC)c12. The lowest BCUT2D eigenvalue weighted by Gasteiger charge is -2.17. The van der Waals surface area contributed by atoms with Crippen LogP contribution in [-0.4, -0.2) is 30.9 Å². The summed E-state index contributed by atoms with van der Waals surface area (Å²) in [5.41, 5.74) is 0.995. The predicted molar refractivity (Wildman–Crippen MR) is 122 cm³/mol.